The fourth-order valence-electron chi connectivity index (χ4n) is 2.26. The van der Waals surface area contributed by atoms with Crippen LogP contribution in [0.1, 0.15) is 74.1 Å². The SMILES string of the molecule is CCCC[Si](OCCC)(OCCC)C(C)(C)C(C)C. The summed E-state index contributed by atoms with van der Waals surface area (Å²) in [6.45, 7) is 17.6. The first-order valence-corrected chi connectivity index (χ1v) is 10.2. The van der Waals surface area contributed by atoms with Gasteiger partial charge in [-0.3, -0.25) is 0 Å². The van der Waals surface area contributed by atoms with Crippen molar-refractivity contribution in [1.29, 1.82) is 0 Å². The summed E-state index contributed by atoms with van der Waals surface area (Å²) in [4.78, 5) is 0. The average Bonchev–Trinajstić information content (AvgIpc) is 2.37. The van der Waals surface area contributed by atoms with Crippen LogP contribution in [0.3, 0.4) is 0 Å². The Labute approximate surface area is 122 Å². The third-order valence-corrected chi connectivity index (χ3v) is 9.26. The minimum Gasteiger partial charge on any atom is -0.394 e. The van der Waals surface area contributed by atoms with Crippen molar-refractivity contribution < 1.29 is 8.85 Å². The summed E-state index contributed by atoms with van der Waals surface area (Å²) in [7, 11) is -2.15. The highest BCUT2D eigenvalue weighted by Crippen LogP contribution is 2.48. The quantitative estimate of drug-likeness (QED) is 0.466. The summed E-state index contributed by atoms with van der Waals surface area (Å²) >= 11 is 0. The fourth-order valence-corrected chi connectivity index (χ4v) is 6.79. The minimum absolute atomic E-state index is 0.159. The lowest BCUT2D eigenvalue weighted by molar-refractivity contribution is 0.132. The average molecular weight is 289 g/mol. The zero-order valence-corrected chi connectivity index (χ0v) is 15.3. The Bertz CT molecular complexity index is 205. The van der Waals surface area contributed by atoms with Gasteiger partial charge in [-0.2, -0.15) is 0 Å². The molecule has 0 aromatic rings. The van der Waals surface area contributed by atoms with Crippen LogP contribution in [-0.4, -0.2) is 21.8 Å². The molecular weight excluding hydrogens is 252 g/mol. The Morgan fingerprint density at radius 2 is 1.37 bits per heavy atom. The predicted molar refractivity (Wildman–Crippen MR) is 86.8 cm³/mol. The monoisotopic (exact) mass is 288 g/mol. The van der Waals surface area contributed by atoms with Crippen molar-refractivity contribution in [1.82, 2.24) is 0 Å². The van der Waals surface area contributed by atoms with E-state index in [2.05, 4.69) is 48.5 Å². The number of unbranched alkanes of at least 4 members (excludes halogenated alkanes) is 1. The molecule has 0 bridgehead atoms. The molecule has 0 saturated heterocycles. The third kappa shape index (κ3) is 5.20. The standard InChI is InChI=1S/C16H36O2Si/c1-8-11-14-19(17-12-9-2,18-13-10-3)16(6,7)15(4)5/h15H,8-14H2,1-7H3. The van der Waals surface area contributed by atoms with Gasteiger partial charge in [0.1, 0.15) is 0 Å². The molecule has 0 spiro atoms. The highest BCUT2D eigenvalue weighted by atomic mass is 28.4. The highest BCUT2D eigenvalue weighted by molar-refractivity contribution is 6.70. The van der Waals surface area contributed by atoms with E-state index in [4.69, 9.17) is 8.85 Å². The topological polar surface area (TPSA) is 18.5 Å². The maximum absolute atomic E-state index is 6.43. The van der Waals surface area contributed by atoms with Gasteiger partial charge in [-0.05, 0) is 24.8 Å². The van der Waals surface area contributed by atoms with Gasteiger partial charge >= 0.3 is 8.56 Å². The van der Waals surface area contributed by atoms with Gasteiger partial charge in [0.05, 0.1) is 0 Å². The van der Waals surface area contributed by atoms with Crippen molar-refractivity contribution in [3.8, 4) is 0 Å². The van der Waals surface area contributed by atoms with Gasteiger partial charge in [-0.15, -0.1) is 0 Å². The van der Waals surface area contributed by atoms with Crippen molar-refractivity contribution >= 4 is 8.56 Å². The van der Waals surface area contributed by atoms with Gasteiger partial charge in [0, 0.05) is 18.3 Å². The van der Waals surface area contributed by atoms with Crippen LogP contribution in [0.25, 0.3) is 0 Å². The van der Waals surface area contributed by atoms with Gasteiger partial charge < -0.3 is 8.85 Å². The highest BCUT2D eigenvalue weighted by Gasteiger charge is 2.52. The smallest absolute Gasteiger partial charge is 0.344 e. The molecule has 0 aliphatic rings. The second-order valence-electron chi connectivity index (χ2n) is 6.43. The van der Waals surface area contributed by atoms with E-state index in [-0.39, 0.29) is 5.04 Å². The Kier molecular flexibility index (Phi) is 9.21. The molecule has 0 rings (SSSR count). The summed E-state index contributed by atoms with van der Waals surface area (Å²) < 4.78 is 12.9. The van der Waals surface area contributed by atoms with E-state index < -0.39 is 8.56 Å². The summed E-state index contributed by atoms with van der Waals surface area (Å²) in [5, 5.41) is 0.159. The fraction of sp³-hybridized carbons (Fsp3) is 1.00. The van der Waals surface area contributed by atoms with Crippen LogP contribution in [-0.2, 0) is 8.85 Å². The van der Waals surface area contributed by atoms with Crippen LogP contribution >= 0.6 is 0 Å². The van der Waals surface area contributed by atoms with E-state index in [1.807, 2.05) is 0 Å². The molecular formula is C16H36O2Si. The van der Waals surface area contributed by atoms with Gasteiger partial charge in [0.2, 0.25) is 0 Å². The molecule has 0 aromatic carbocycles. The first kappa shape index (κ1) is 19.1. The van der Waals surface area contributed by atoms with Crippen LogP contribution in [0.15, 0.2) is 0 Å². The molecule has 0 aliphatic heterocycles. The molecule has 0 atom stereocenters. The molecule has 0 saturated carbocycles. The summed E-state index contributed by atoms with van der Waals surface area (Å²) in [5.74, 6) is 0.588. The van der Waals surface area contributed by atoms with Gasteiger partial charge in [-0.25, -0.2) is 0 Å². The molecule has 0 radical (unpaired) electrons. The Hall–Kier alpha value is 0.137. The normalized spacial score (nSPS) is 13.3. The molecule has 0 fully saturated rings. The van der Waals surface area contributed by atoms with Crippen LogP contribution in [0, 0.1) is 5.92 Å². The molecule has 0 aliphatic carbocycles. The van der Waals surface area contributed by atoms with Crippen molar-refractivity contribution in [3.05, 3.63) is 0 Å². The van der Waals surface area contributed by atoms with E-state index in [0.717, 1.165) is 32.1 Å². The Balaban J connectivity index is 5.18. The van der Waals surface area contributed by atoms with Crippen LogP contribution in [0.2, 0.25) is 11.1 Å². The molecule has 2 nitrogen and oxygen atoms in total. The van der Waals surface area contributed by atoms with Gasteiger partial charge in [0.15, 0.2) is 0 Å². The maximum Gasteiger partial charge on any atom is 0.344 e. The zero-order valence-electron chi connectivity index (χ0n) is 14.3. The second kappa shape index (κ2) is 9.14. The largest absolute Gasteiger partial charge is 0.394 e. The van der Waals surface area contributed by atoms with Crippen molar-refractivity contribution in [2.75, 3.05) is 13.2 Å². The van der Waals surface area contributed by atoms with Gasteiger partial charge in [0.25, 0.3) is 0 Å². The molecule has 0 heterocycles. The maximum atomic E-state index is 6.43. The Morgan fingerprint density at radius 1 is 0.895 bits per heavy atom. The predicted octanol–water partition coefficient (Wildman–Crippen LogP) is 5.52. The number of hydrogen-bond donors (Lipinski definition) is 0. The lowest BCUT2D eigenvalue weighted by atomic mass is 9.99. The van der Waals surface area contributed by atoms with E-state index in [0.29, 0.717) is 5.92 Å². The van der Waals surface area contributed by atoms with Crippen molar-refractivity contribution in [2.24, 2.45) is 5.92 Å². The Morgan fingerprint density at radius 3 is 1.68 bits per heavy atom. The van der Waals surface area contributed by atoms with Crippen molar-refractivity contribution in [3.63, 3.8) is 0 Å². The van der Waals surface area contributed by atoms with Gasteiger partial charge in [-0.1, -0.05) is 61.3 Å². The van der Waals surface area contributed by atoms with E-state index in [1.54, 1.807) is 0 Å². The first-order chi connectivity index (χ1) is 8.88. The summed E-state index contributed by atoms with van der Waals surface area (Å²) in [6, 6.07) is 1.13. The zero-order chi connectivity index (χ0) is 14.9. The molecule has 0 N–H and O–H groups in total. The van der Waals surface area contributed by atoms with E-state index >= 15 is 0 Å². The summed E-state index contributed by atoms with van der Waals surface area (Å²) in [6.07, 6.45) is 4.58. The van der Waals surface area contributed by atoms with Crippen LogP contribution in [0.4, 0.5) is 0 Å². The van der Waals surface area contributed by atoms with Crippen LogP contribution < -0.4 is 0 Å². The molecule has 0 amide bonds. The number of rotatable bonds is 11. The molecule has 116 valence electrons. The van der Waals surface area contributed by atoms with E-state index in [9.17, 15) is 0 Å². The third-order valence-electron chi connectivity index (χ3n) is 4.36. The second-order valence-corrected chi connectivity index (χ2v) is 10.3. The first-order valence-electron chi connectivity index (χ1n) is 8.15. The lowest BCUT2D eigenvalue weighted by Crippen LogP contribution is -2.53. The minimum atomic E-state index is -2.15. The molecule has 19 heavy (non-hydrogen) atoms. The molecule has 3 heteroatoms. The van der Waals surface area contributed by atoms with Crippen molar-refractivity contribution in [2.45, 2.75) is 85.2 Å². The van der Waals surface area contributed by atoms with Crippen LogP contribution in [0.5, 0.6) is 0 Å². The molecule has 0 unspecified atom stereocenters. The van der Waals surface area contributed by atoms with E-state index in [1.165, 1.54) is 12.8 Å². The lowest BCUT2D eigenvalue weighted by Gasteiger charge is -2.46. The number of hydrogen-bond acceptors (Lipinski definition) is 2. The molecule has 0 aromatic heterocycles. The summed E-state index contributed by atoms with van der Waals surface area (Å²) in [5.41, 5.74) is 0.